The van der Waals surface area contributed by atoms with Crippen molar-refractivity contribution in [1.82, 2.24) is 9.55 Å². The third-order valence-corrected chi connectivity index (χ3v) is 4.08. The highest BCUT2D eigenvalue weighted by Gasteiger charge is 2.22. The van der Waals surface area contributed by atoms with Gasteiger partial charge in [-0.3, -0.25) is 0 Å². The van der Waals surface area contributed by atoms with Gasteiger partial charge in [-0.25, -0.2) is 14.2 Å². The molecule has 24 heavy (non-hydrogen) atoms. The van der Waals surface area contributed by atoms with E-state index >= 15 is 0 Å². The Balaban J connectivity index is 2.16. The summed E-state index contributed by atoms with van der Waals surface area (Å²) < 4.78 is 19.5. The number of phenolic OH excluding ortho intramolecular Hbond substituents is 1. The Morgan fingerprint density at radius 2 is 2.04 bits per heavy atom. The summed E-state index contributed by atoms with van der Waals surface area (Å²) in [6.07, 6.45) is 0. The quantitative estimate of drug-likeness (QED) is 0.733. The van der Waals surface area contributed by atoms with Crippen LogP contribution >= 0.6 is 11.6 Å². The molecule has 0 aliphatic heterocycles. The number of methoxy groups -OCH3 is 1. The van der Waals surface area contributed by atoms with Gasteiger partial charge in [0.15, 0.2) is 5.75 Å². The summed E-state index contributed by atoms with van der Waals surface area (Å²) in [5, 5.41) is 10.6. The summed E-state index contributed by atoms with van der Waals surface area (Å²) in [5.74, 6) is -0.679. The fourth-order valence-corrected chi connectivity index (χ4v) is 2.89. The van der Waals surface area contributed by atoms with Crippen molar-refractivity contribution in [1.29, 1.82) is 0 Å². The van der Waals surface area contributed by atoms with Crippen LogP contribution in [0.4, 0.5) is 4.39 Å². The number of esters is 1. The molecule has 0 unspecified atom stereocenters. The van der Waals surface area contributed by atoms with Gasteiger partial charge in [-0.05, 0) is 30.7 Å². The van der Waals surface area contributed by atoms with Crippen molar-refractivity contribution in [3.05, 3.63) is 58.1 Å². The molecular formula is C17H14ClFN2O3. The third kappa shape index (κ3) is 2.69. The molecule has 0 atom stereocenters. The van der Waals surface area contributed by atoms with Gasteiger partial charge in [0.25, 0.3) is 0 Å². The van der Waals surface area contributed by atoms with Gasteiger partial charge in [-0.1, -0.05) is 23.7 Å². The van der Waals surface area contributed by atoms with Crippen molar-refractivity contribution in [2.24, 2.45) is 0 Å². The minimum absolute atomic E-state index is 0.0403. The van der Waals surface area contributed by atoms with E-state index in [4.69, 9.17) is 11.6 Å². The Bertz CT molecular complexity index is 935. The number of nitrogens with zero attached hydrogens (tertiary/aromatic N) is 2. The average Bonchev–Trinajstić information content (AvgIpc) is 2.90. The molecule has 0 aliphatic carbocycles. The maximum atomic E-state index is 13.1. The van der Waals surface area contributed by atoms with E-state index in [2.05, 4.69) is 9.72 Å². The highest BCUT2D eigenvalue weighted by molar-refractivity contribution is 6.35. The lowest BCUT2D eigenvalue weighted by molar-refractivity contribution is 0.0597. The third-order valence-electron chi connectivity index (χ3n) is 3.79. The normalized spacial score (nSPS) is 11.0. The number of aryl methyl sites for hydroxylation is 1. The molecule has 0 radical (unpaired) electrons. The van der Waals surface area contributed by atoms with E-state index < -0.39 is 5.97 Å². The number of rotatable bonds is 3. The fourth-order valence-electron chi connectivity index (χ4n) is 2.59. The number of hydrogen-bond acceptors (Lipinski definition) is 4. The van der Waals surface area contributed by atoms with Crippen LogP contribution < -0.4 is 0 Å². The molecule has 1 heterocycles. The number of benzene rings is 2. The van der Waals surface area contributed by atoms with E-state index in [1.807, 2.05) is 0 Å². The number of imidazole rings is 1. The second kappa shape index (κ2) is 6.13. The first kappa shape index (κ1) is 16.3. The number of phenols is 1. The number of fused-ring (bicyclic) bond motifs is 1. The maximum absolute atomic E-state index is 13.1. The van der Waals surface area contributed by atoms with Gasteiger partial charge in [-0.15, -0.1) is 0 Å². The van der Waals surface area contributed by atoms with Gasteiger partial charge in [0.1, 0.15) is 22.7 Å². The molecule has 5 nitrogen and oxygen atoms in total. The van der Waals surface area contributed by atoms with Gasteiger partial charge in [0, 0.05) is 6.54 Å². The summed E-state index contributed by atoms with van der Waals surface area (Å²) in [6, 6.07) is 7.43. The van der Waals surface area contributed by atoms with Gasteiger partial charge in [0.2, 0.25) is 0 Å². The van der Waals surface area contributed by atoms with E-state index in [0.717, 1.165) is 5.56 Å². The molecule has 0 fully saturated rings. The van der Waals surface area contributed by atoms with E-state index in [-0.39, 0.29) is 27.7 Å². The summed E-state index contributed by atoms with van der Waals surface area (Å²) in [7, 11) is 1.22. The number of hydrogen-bond donors (Lipinski definition) is 1. The largest absolute Gasteiger partial charge is 0.505 e. The van der Waals surface area contributed by atoms with E-state index in [0.29, 0.717) is 17.9 Å². The molecule has 3 aromatic rings. The minimum atomic E-state index is -0.693. The molecule has 3 rings (SSSR count). The number of halogens is 2. The minimum Gasteiger partial charge on any atom is -0.505 e. The van der Waals surface area contributed by atoms with Crippen LogP contribution in [0.5, 0.6) is 5.75 Å². The van der Waals surface area contributed by atoms with Crippen LogP contribution in [0.2, 0.25) is 5.02 Å². The molecule has 0 amide bonds. The Labute approximate surface area is 142 Å². The van der Waals surface area contributed by atoms with Crippen LogP contribution in [0, 0.1) is 12.7 Å². The maximum Gasteiger partial charge on any atom is 0.341 e. The van der Waals surface area contributed by atoms with Crippen molar-refractivity contribution in [3.63, 3.8) is 0 Å². The lowest BCUT2D eigenvalue weighted by Gasteiger charge is -2.10. The number of aromatic hydroxyl groups is 1. The molecule has 2 aromatic carbocycles. The highest BCUT2D eigenvalue weighted by atomic mass is 35.5. The monoisotopic (exact) mass is 348 g/mol. The van der Waals surface area contributed by atoms with Crippen molar-refractivity contribution in [3.8, 4) is 5.75 Å². The standard InChI is InChI=1S/C17H14ClFN2O3/c1-9-20-14-15(13(18)7-12(16(14)22)17(23)24-2)21(9)8-10-3-5-11(19)6-4-10/h3-7,22H,8H2,1-2H3. The average molecular weight is 349 g/mol. The first-order valence-electron chi connectivity index (χ1n) is 7.13. The molecule has 0 aliphatic rings. The molecule has 0 bridgehead atoms. The number of aromatic nitrogens is 2. The van der Waals surface area contributed by atoms with Crippen LogP contribution in [-0.4, -0.2) is 27.7 Å². The highest BCUT2D eigenvalue weighted by Crippen LogP contribution is 2.35. The summed E-state index contributed by atoms with van der Waals surface area (Å²) in [6.45, 7) is 2.16. The molecule has 0 spiro atoms. The van der Waals surface area contributed by atoms with E-state index in [9.17, 15) is 14.3 Å². The molecule has 0 saturated carbocycles. The zero-order valence-corrected chi connectivity index (χ0v) is 13.8. The Hall–Kier alpha value is -2.60. The molecule has 1 N–H and O–H groups in total. The van der Waals surface area contributed by atoms with Crippen LogP contribution in [0.15, 0.2) is 30.3 Å². The summed E-state index contributed by atoms with van der Waals surface area (Å²) in [4.78, 5) is 16.0. The molecule has 7 heteroatoms. The van der Waals surface area contributed by atoms with Gasteiger partial charge in [-0.2, -0.15) is 0 Å². The van der Waals surface area contributed by atoms with Crippen LogP contribution in [0.25, 0.3) is 11.0 Å². The SMILES string of the molecule is COC(=O)c1cc(Cl)c2c(nc(C)n2Cc2ccc(F)cc2)c1O. The lowest BCUT2D eigenvalue weighted by atomic mass is 10.1. The number of ether oxygens (including phenoxy) is 1. The molecule has 124 valence electrons. The zero-order valence-electron chi connectivity index (χ0n) is 13.0. The zero-order chi connectivity index (χ0) is 17.4. The van der Waals surface area contributed by atoms with Gasteiger partial charge in [0.05, 0.1) is 17.6 Å². The summed E-state index contributed by atoms with van der Waals surface area (Å²) in [5.41, 5.74) is 1.54. The predicted octanol–water partition coefficient (Wildman–Crippen LogP) is 3.68. The Morgan fingerprint density at radius 3 is 2.67 bits per heavy atom. The Morgan fingerprint density at radius 1 is 1.38 bits per heavy atom. The first-order valence-corrected chi connectivity index (χ1v) is 7.51. The summed E-state index contributed by atoms with van der Waals surface area (Å²) >= 11 is 6.31. The van der Waals surface area contributed by atoms with Crippen LogP contribution in [0.3, 0.4) is 0 Å². The van der Waals surface area contributed by atoms with Crippen LogP contribution in [-0.2, 0) is 11.3 Å². The molecular weight excluding hydrogens is 335 g/mol. The predicted molar refractivity (Wildman–Crippen MR) is 88.0 cm³/mol. The topological polar surface area (TPSA) is 64.3 Å². The van der Waals surface area contributed by atoms with Gasteiger partial charge >= 0.3 is 5.97 Å². The fraction of sp³-hybridized carbons (Fsp3) is 0.176. The van der Waals surface area contributed by atoms with Crippen molar-refractivity contribution >= 4 is 28.6 Å². The molecule has 1 aromatic heterocycles. The number of carbonyl (C=O) groups excluding carboxylic acids is 1. The second-order valence-corrected chi connectivity index (χ2v) is 5.72. The second-order valence-electron chi connectivity index (χ2n) is 5.31. The van der Waals surface area contributed by atoms with E-state index in [1.165, 1.54) is 25.3 Å². The molecule has 0 saturated heterocycles. The van der Waals surface area contributed by atoms with Crippen molar-refractivity contribution in [2.75, 3.05) is 7.11 Å². The van der Waals surface area contributed by atoms with E-state index in [1.54, 1.807) is 23.6 Å². The number of carbonyl (C=O) groups is 1. The van der Waals surface area contributed by atoms with Crippen molar-refractivity contribution in [2.45, 2.75) is 13.5 Å². The van der Waals surface area contributed by atoms with Crippen LogP contribution in [0.1, 0.15) is 21.7 Å². The smallest absolute Gasteiger partial charge is 0.341 e. The Kier molecular flexibility index (Phi) is 4.15. The first-order chi connectivity index (χ1) is 11.4. The van der Waals surface area contributed by atoms with Gasteiger partial charge < -0.3 is 14.4 Å². The lowest BCUT2D eigenvalue weighted by Crippen LogP contribution is -2.04. The van der Waals surface area contributed by atoms with Crippen molar-refractivity contribution < 1.29 is 19.0 Å².